The first-order chi connectivity index (χ1) is 8.69. The predicted octanol–water partition coefficient (Wildman–Crippen LogP) is 0.773. The first-order valence-electron chi connectivity index (χ1n) is 5.68. The van der Waals surface area contributed by atoms with Crippen molar-refractivity contribution in [3.8, 4) is 6.07 Å². The maximum atomic E-state index is 11.4. The number of esters is 1. The second-order valence-electron chi connectivity index (χ2n) is 4.29. The van der Waals surface area contributed by atoms with E-state index in [1.807, 2.05) is 6.07 Å². The van der Waals surface area contributed by atoms with Crippen LogP contribution in [0, 0.1) is 17.2 Å². The number of methoxy groups -OCH3 is 1. The molecule has 0 aliphatic carbocycles. The topological polar surface area (TPSA) is 73.6 Å². The van der Waals surface area contributed by atoms with Crippen LogP contribution in [-0.4, -0.2) is 37.9 Å². The zero-order valence-electron chi connectivity index (χ0n) is 10.1. The molecule has 5 nitrogen and oxygen atoms in total. The highest BCUT2D eigenvalue weighted by atomic mass is 16.5. The highest BCUT2D eigenvalue weighted by Gasteiger charge is 2.26. The minimum atomic E-state index is -0.505. The van der Waals surface area contributed by atoms with Crippen LogP contribution < -0.4 is 4.90 Å². The summed E-state index contributed by atoms with van der Waals surface area (Å²) in [6.07, 6.45) is 0. The summed E-state index contributed by atoms with van der Waals surface area (Å²) in [7, 11) is 1.29. The normalized spacial score (nSPS) is 14.8. The highest BCUT2D eigenvalue weighted by molar-refractivity contribution is 5.92. The van der Waals surface area contributed by atoms with Gasteiger partial charge in [0.25, 0.3) is 0 Å². The lowest BCUT2D eigenvalue weighted by molar-refractivity contribution is 0.0600. The third-order valence-corrected chi connectivity index (χ3v) is 3.11. The van der Waals surface area contributed by atoms with Crippen LogP contribution in [0.25, 0.3) is 0 Å². The van der Waals surface area contributed by atoms with Gasteiger partial charge < -0.3 is 14.7 Å². The third-order valence-electron chi connectivity index (χ3n) is 3.11. The van der Waals surface area contributed by atoms with Gasteiger partial charge in [-0.3, -0.25) is 0 Å². The maximum Gasteiger partial charge on any atom is 0.339 e. The summed E-state index contributed by atoms with van der Waals surface area (Å²) in [4.78, 5) is 13.5. The molecule has 1 N–H and O–H groups in total. The standard InChI is InChI=1S/C13H14N2O3/c1-18-13(17)12-3-2-11(4-10(12)5-14)15-6-9(7-15)8-16/h2-4,9,16H,6-8H2,1H3. The number of aliphatic hydroxyl groups excluding tert-OH is 1. The number of benzene rings is 1. The van der Waals surface area contributed by atoms with Crippen molar-refractivity contribution >= 4 is 11.7 Å². The van der Waals surface area contributed by atoms with E-state index < -0.39 is 5.97 Å². The molecule has 1 aliphatic heterocycles. The van der Waals surface area contributed by atoms with Gasteiger partial charge in [0.15, 0.2) is 0 Å². The van der Waals surface area contributed by atoms with Crippen LogP contribution in [-0.2, 0) is 4.74 Å². The number of nitrogens with zero attached hydrogens (tertiary/aromatic N) is 2. The van der Waals surface area contributed by atoms with E-state index in [-0.39, 0.29) is 12.2 Å². The number of ether oxygens (including phenoxy) is 1. The summed E-state index contributed by atoms with van der Waals surface area (Å²) in [6, 6.07) is 7.08. The van der Waals surface area contributed by atoms with Crippen molar-refractivity contribution in [2.75, 3.05) is 31.7 Å². The Hall–Kier alpha value is -2.06. The number of aliphatic hydroxyl groups is 1. The molecule has 1 fully saturated rings. The molecular formula is C13H14N2O3. The summed E-state index contributed by atoms with van der Waals surface area (Å²) >= 11 is 0. The minimum absolute atomic E-state index is 0.182. The summed E-state index contributed by atoms with van der Waals surface area (Å²) in [5.41, 5.74) is 1.48. The van der Waals surface area contributed by atoms with Gasteiger partial charge in [-0.15, -0.1) is 0 Å². The largest absolute Gasteiger partial charge is 0.465 e. The van der Waals surface area contributed by atoms with Gasteiger partial charge in [0, 0.05) is 31.3 Å². The van der Waals surface area contributed by atoms with Gasteiger partial charge in [-0.25, -0.2) is 4.79 Å². The molecular weight excluding hydrogens is 232 g/mol. The Morgan fingerprint density at radius 2 is 2.33 bits per heavy atom. The lowest BCUT2D eigenvalue weighted by Crippen LogP contribution is -2.48. The van der Waals surface area contributed by atoms with Crippen LogP contribution in [0.1, 0.15) is 15.9 Å². The average molecular weight is 246 g/mol. The van der Waals surface area contributed by atoms with Gasteiger partial charge in [-0.2, -0.15) is 5.26 Å². The van der Waals surface area contributed by atoms with Crippen molar-refractivity contribution in [1.82, 2.24) is 0 Å². The van der Waals surface area contributed by atoms with Crippen molar-refractivity contribution in [1.29, 1.82) is 5.26 Å². The second-order valence-corrected chi connectivity index (χ2v) is 4.29. The summed E-state index contributed by atoms with van der Waals surface area (Å²) < 4.78 is 4.62. The van der Waals surface area contributed by atoms with Crippen LogP contribution >= 0.6 is 0 Å². The average Bonchev–Trinajstić information content (AvgIpc) is 2.36. The van der Waals surface area contributed by atoms with E-state index in [1.54, 1.807) is 18.2 Å². The van der Waals surface area contributed by atoms with Crippen LogP contribution in [0.4, 0.5) is 5.69 Å². The Morgan fingerprint density at radius 3 is 2.89 bits per heavy atom. The van der Waals surface area contributed by atoms with E-state index >= 15 is 0 Å². The van der Waals surface area contributed by atoms with E-state index in [1.165, 1.54) is 7.11 Å². The zero-order chi connectivity index (χ0) is 13.1. The van der Waals surface area contributed by atoms with Gasteiger partial charge in [0.1, 0.15) is 6.07 Å². The van der Waals surface area contributed by atoms with Gasteiger partial charge in [-0.1, -0.05) is 0 Å². The predicted molar refractivity (Wildman–Crippen MR) is 65.3 cm³/mol. The van der Waals surface area contributed by atoms with E-state index in [4.69, 9.17) is 10.4 Å². The Morgan fingerprint density at radius 1 is 1.61 bits per heavy atom. The highest BCUT2D eigenvalue weighted by Crippen LogP contribution is 2.26. The maximum absolute atomic E-state index is 11.4. The molecule has 0 saturated carbocycles. The Balaban J connectivity index is 2.21. The van der Waals surface area contributed by atoms with Crippen LogP contribution in [0.15, 0.2) is 18.2 Å². The summed E-state index contributed by atoms with van der Waals surface area (Å²) in [5.74, 6) is -0.203. The molecule has 0 amide bonds. The fourth-order valence-corrected chi connectivity index (χ4v) is 2.01. The molecule has 2 rings (SSSR count). The van der Waals surface area contributed by atoms with Gasteiger partial charge in [-0.05, 0) is 18.2 Å². The molecule has 94 valence electrons. The van der Waals surface area contributed by atoms with E-state index in [2.05, 4.69) is 9.64 Å². The molecule has 18 heavy (non-hydrogen) atoms. The molecule has 1 aromatic rings. The van der Waals surface area contributed by atoms with Gasteiger partial charge in [0.05, 0.1) is 18.2 Å². The van der Waals surface area contributed by atoms with Crippen LogP contribution in [0.5, 0.6) is 0 Å². The number of carbonyl (C=O) groups is 1. The van der Waals surface area contributed by atoms with Gasteiger partial charge in [0.2, 0.25) is 0 Å². The smallest absolute Gasteiger partial charge is 0.339 e. The molecule has 0 bridgehead atoms. The van der Waals surface area contributed by atoms with Crippen molar-refractivity contribution in [3.63, 3.8) is 0 Å². The second kappa shape index (κ2) is 5.07. The number of hydrogen-bond acceptors (Lipinski definition) is 5. The first-order valence-corrected chi connectivity index (χ1v) is 5.68. The fourth-order valence-electron chi connectivity index (χ4n) is 2.01. The van der Waals surface area contributed by atoms with E-state index in [0.717, 1.165) is 18.8 Å². The number of nitriles is 1. The summed E-state index contributed by atoms with van der Waals surface area (Å²) in [6.45, 7) is 1.74. The third kappa shape index (κ3) is 2.15. The summed E-state index contributed by atoms with van der Waals surface area (Å²) in [5, 5.41) is 18.0. The van der Waals surface area contributed by atoms with Crippen molar-refractivity contribution in [2.24, 2.45) is 5.92 Å². The Bertz CT molecular complexity index is 501. The molecule has 0 atom stereocenters. The monoisotopic (exact) mass is 246 g/mol. The number of hydrogen-bond donors (Lipinski definition) is 1. The van der Waals surface area contributed by atoms with Crippen LogP contribution in [0.2, 0.25) is 0 Å². The molecule has 5 heteroatoms. The number of anilines is 1. The van der Waals surface area contributed by atoms with Crippen molar-refractivity contribution in [2.45, 2.75) is 0 Å². The molecule has 1 aromatic carbocycles. The molecule has 1 heterocycles. The van der Waals surface area contributed by atoms with Gasteiger partial charge >= 0.3 is 5.97 Å². The lowest BCUT2D eigenvalue weighted by atomic mass is 9.99. The number of rotatable bonds is 3. The Labute approximate surface area is 105 Å². The van der Waals surface area contributed by atoms with E-state index in [0.29, 0.717) is 11.5 Å². The first kappa shape index (κ1) is 12.4. The molecule has 0 radical (unpaired) electrons. The molecule has 1 aliphatic rings. The fraction of sp³-hybridized carbons (Fsp3) is 0.385. The lowest BCUT2D eigenvalue weighted by Gasteiger charge is -2.40. The van der Waals surface area contributed by atoms with Crippen molar-refractivity contribution in [3.05, 3.63) is 29.3 Å². The van der Waals surface area contributed by atoms with Crippen LogP contribution in [0.3, 0.4) is 0 Å². The van der Waals surface area contributed by atoms with E-state index in [9.17, 15) is 4.79 Å². The molecule has 0 spiro atoms. The number of carbonyl (C=O) groups excluding carboxylic acids is 1. The quantitative estimate of drug-likeness (QED) is 0.797. The molecule has 1 saturated heterocycles. The molecule has 0 aromatic heterocycles. The Kier molecular flexibility index (Phi) is 3.49. The zero-order valence-corrected chi connectivity index (χ0v) is 10.1. The van der Waals surface area contributed by atoms with Crippen molar-refractivity contribution < 1.29 is 14.6 Å². The SMILES string of the molecule is COC(=O)c1ccc(N2CC(CO)C2)cc1C#N. The minimum Gasteiger partial charge on any atom is -0.465 e. The molecule has 0 unspecified atom stereocenters.